The van der Waals surface area contributed by atoms with E-state index in [-0.39, 0.29) is 35.2 Å². The lowest BCUT2D eigenvalue weighted by Crippen LogP contribution is -2.45. The van der Waals surface area contributed by atoms with Crippen molar-refractivity contribution >= 4 is 17.6 Å². The van der Waals surface area contributed by atoms with Gasteiger partial charge in [0.2, 0.25) is 17.7 Å². The number of benzene rings is 1. The number of nitrogens with zero attached hydrogens (tertiary/aromatic N) is 3. The standard InChI is InChI=1S/C18H15N5O4/c1-3-26-16(24)13-12-15(22-21-13)27-14(20)10(8-19)18(12)9-6-4-5-7-11(9)23(2)17(18)25/h4-7H,3,20H2,1-2H3,(H,21,22). The molecule has 0 saturated heterocycles. The van der Waals surface area contributed by atoms with Crippen LogP contribution in [0.2, 0.25) is 0 Å². The van der Waals surface area contributed by atoms with E-state index >= 15 is 0 Å². The highest BCUT2D eigenvalue weighted by molar-refractivity contribution is 6.15. The van der Waals surface area contributed by atoms with Crippen LogP contribution in [0.25, 0.3) is 0 Å². The molecule has 2 aliphatic heterocycles. The second-order valence-electron chi connectivity index (χ2n) is 6.08. The van der Waals surface area contributed by atoms with Gasteiger partial charge in [0.25, 0.3) is 0 Å². The number of aromatic amines is 1. The summed E-state index contributed by atoms with van der Waals surface area (Å²) >= 11 is 0. The highest BCUT2D eigenvalue weighted by Gasteiger charge is 2.61. The van der Waals surface area contributed by atoms with Gasteiger partial charge in [-0.05, 0) is 13.0 Å². The van der Waals surface area contributed by atoms with E-state index < -0.39 is 17.3 Å². The number of amides is 1. The monoisotopic (exact) mass is 365 g/mol. The Morgan fingerprint density at radius 3 is 2.93 bits per heavy atom. The summed E-state index contributed by atoms with van der Waals surface area (Å²) < 4.78 is 10.5. The van der Waals surface area contributed by atoms with Crippen molar-refractivity contribution in [2.24, 2.45) is 5.73 Å². The van der Waals surface area contributed by atoms with E-state index in [0.717, 1.165) is 0 Å². The van der Waals surface area contributed by atoms with Gasteiger partial charge in [0.1, 0.15) is 17.1 Å². The average Bonchev–Trinajstić information content (AvgIpc) is 3.17. The molecule has 4 rings (SSSR count). The van der Waals surface area contributed by atoms with E-state index in [1.54, 1.807) is 38.2 Å². The van der Waals surface area contributed by atoms with Crippen LogP contribution in [0.3, 0.4) is 0 Å². The predicted octanol–water partition coefficient (Wildman–Crippen LogP) is 0.935. The zero-order valence-corrected chi connectivity index (χ0v) is 14.6. The minimum atomic E-state index is -1.63. The number of hydrogen-bond donors (Lipinski definition) is 2. The van der Waals surface area contributed by atoms with E-state index in [2.05, 4.69) is 10.2 Å². The molecule has 1 atom stereocenters. The maximum atomic E-state index is 13.5. The number of para-hydroxylation sites is 1. The average molecular weight is 365 g/mol. The van der Waals surface area contributed by atoms with Gasteiger partial charge in [0.15, 0.2) is 5.69 Å². The fraction of sp³-hybridized carbons (Fsp3) is 0.222. The number of carbonyl (C=O) groups is 2. The quantitative estimate of drug-likeness (QED) is 0.756. The summed E-state index contributed by atoms with van der Waals surface area (Å²) in [6.45, 7) is 1.80. The molecule has 3 heterocycles. The molecule has 1 aromatic heterocycles. The van der Waals surface area contributed by atoms with E-state index in [0.29, 0.717) is 11.3 Å². The van der Waals surface area contributed by atoms with Crippen LogP contribution in [0.5, 0.6) is 5.88 Å². The van der Waals surface area contributed by atoms with Crippen molar-refractivity contribution in [3.63, 3.8) is 0 Å². The topological polar surface area (TPSA) is 134 Å². The summed E-state index contributed by atoms with van der Waals surface area (Å²) in [4.78, 5) is 27.4. The smallest absolute Gasteiger partial charge is 0.356 e. The number of anilines is 1. The van der Waals surface area contributed by atoms with Crippen LogP contribution < -0.4 is 15.4 Å². The number of hydrogen-bond acceptors (Lipinski definition) is 7. The molecule has 9 heteroatoms. The summed E-state index contributed by atoms with van der Waals surface area (Å²) in [5.74, 6) is -1.40. The van der Waals surface area contributed by atoms with Gasteiger partial charge in [-0.2, -0.15) is 5.26 Å². The number of nitriles is 1. The summed E-state index contributed by atoms with van der Waals surface area (Å²) in [7, 11) is 1.60. The zero-order valence-electron chi connectivity index (χ0n) is 14.6. The van der Waals surface area contributed by atoms with Crippen molar-refractivity contribution < 1.29 is 19.1 Å². The lowest BCUT2D eigenvalue weighted by Gasteiger charge is -2.32. The molecule has 2 aliphatic rings. The molecule has 3 N–H and O–H groups in total. The molecule has 0 bridgehead atoms. The molecule has 1 spiro atoms. The van der Waals surface area contributed by atoms with Crippen molar-refractivity contribution in [3.8, 4) is 11.9 Å². The van der Waals surface area contributed by atoms with Gasteiger partial charge in [0, 0.05) is 18.3 Å². The van der Waals surface area contributed by atoms with Gasteiger partial charge in [0.05, 0.1) is 12.2 Å². The molecule has 0 fully saturated rings. The van der Waals surface area contributed by atoms with Crippen molar-refractivity contribution in [3.05, 3.63) is 52.5 Å². The van der Waals surface area contributed by atoms with E-state index in [1.165, 1.54) is 4.90 Å². The van der Waals surface area contributed by atoms with Crippen LogP contribution >= 0.6 is 0 Å². The van der Waals surface area contributed by atoms with Crippen LogP contribution in [0.15, 0.2) is 35.7 Å². The molecule has 1 aromatic carbocycles. The number of likely N-dealkylation sites (N-methyl/N-ethyl adjacent to an activating group) is 1. The van der Waals surface area contributed by atoms with Gasteiger partial charge in [-0.3, -0.25) is 9.89 Å². The molecule has 0 aliphatic carbocycles. The Morgan fingerprint density at radius 2 is 2.22 bits per heavy atom. The fourth-order valence-corrected chi connectivity index (χ4v) is 3.74. The molecule has 27 heavy (non-hydrogen) atoms. The first-order valence-corrected chi connectivity index (χ1v) is 8.20. The third kappa shape index (κ3) is 1.89. The number of ether oxygens (including phenoxy) is 2. The summed E-state index contributed by atoms with van der Waals surface area (Å²) in [6.07, 6.45) is 0. The fourth-order valence-electron chi connectivity index (χ4n) is 3.74. The molecular weight excluding hydrogens is 350 g/mol. The summed E-state index contributed by atoms with van der Waals surface area (Å²) in [5, 5.41) is 16.4. The minimum Gasteiger partial charge on any atom is -0.461 e. The minimum absolute atomic E-state index is 0.0343. The van der Waals surface area contributed by atoms with E-state index in [1.807, 2.05) is 6.07 Å². The number of carbonyl (C=O) groups excluding carboxylic acids is 2. The normalized spacial score (nSPS) is 20.2. The first-order valence-electron chi connectivity index (χ1n) is 8.20. The van der Waals surface area contributed by atoms with E-state index in [4.69, 9.17) is 15.2 Å². The number of aromatic nitrogens is 2. The van der Waals surface area contributed by atoms with Crippen molar-refractivity contribution in [2.75, 3.05) is 18.6 Å². The lowest BCUT2D eigenvalue weighted by atomic mass is 9.69. The molecule has 1 unspecified atom stereocenters. The molecule has 1 amide bonds. The number of H-pyrrole nitrogens is 1. The van der Waals surface area contributed by atoms with Crippen molar-refractivity contribution in [1.29, 1.82) is 5.26 Å². The van der Waals surface area contributed by atoms with Gasteiger partial charge in [-0.25, -0.2) is 4.79 Å². The molecule has 0 radical (unpaired) electrons. The molecule has 136 valence electrons. The van der Waals surface area contributed by atoms with Gasteiger partial charge >= 0.3 is 5.97 Å². The maximum Gasteiger partial charge on any atom is 0.356 e. The highest BCUT2D eigenvalue weighted by atomic mass is 16.5. The first kappa shape index (κ1) is 16.7. The Bertz CT molecular complexity index is 1060. The summed E-state index contributed by atoms with van der Waals surface area (Å²) in [6, 6.07) is 9.00. The van der Waals surface area contributed by atoms with Gasteiger partial charge in [-0.15, -0.1) is 5.10 Å². The van der Waals surface area contributed by atoms with Gasteiger partial charge < -0.3 is 20.1 Å². The van der Waals surface area contributed by atoms with Crippen LogP contribution in [0, 0.1) is 11.3 Å². The first-order chi connectivity index (χ1) is 13.0. The van der Waals surface area contributed by atoms with Crippen molar-refractivity contribution in [1.82, 2.24) is 10.2 Å². The molecule has 2 aromatic rings. The number of nitrogens with one attached hydrogen (secondary N) is 1. The van der Waals surface area contributed by atoms with Crippen LogP contribution in [0.1, 0.15) is 28.5 Å². The number of fused-ring (bicyclic) bond motifs is 4. The molecular formula is C18H15N5O4. The second kappa shape index (κ2) is 5.60. The molecule has 9 nitrogen and oxygen atoms in total. The largest absolute Gasteiger partial charge is 0.461 e. The lowest BCUT2D eigenvalue weighted by molar-refractivity contribution is -0.120. The third-order valence-electron chi connectivity index (χ3n) is 4.82. The Morgan fingerprint density at radius 1 is 1.48 bits per heavy atom. The zero-order chi connectivity index (χ0) is 19.3. The second-order valence-corrected chi connectivity index (χ2v) is 6.08. The number of nitrogens with two attached hydrogens (primary N) is 1. The van der Waals surface area contributed by atoms with Gasteiger partial charge in [-0.1, -0.05) is 18.2 Å². The SMILES string of the molecule is CCOC(=O)c1[nH]nc2c1C1(C(=O)N(C)c3ccccc31)C(C#N)=C(N)O2. The predicted molar refractivity (Wildman–Crippen MR) is 92.6 cm³/mol. The number of esters is 1. The Balaban J connectivity index is 2.12. The van der Waals surface area contributed by atoms with Crippen molar-refractivity contribution in [2.45, 2.75) is 12.3 Å². The number of rotatable bonds is 2. The van der Waals surface area contributed by atoms with Crippen LogP contribution in [-0.4, -0.2) is 35.7 Å². The van der Waals surface area contributed by atoms with E-state index in [9.17, 15) is 14.9 Å². The Labute approximate surface area is 154 Å². The highest BCUT2D eigenvalue weighted by Crippen LogP contribution is 2.55. The Kier molecular flexibility index (Phi) is 3.46. The van der Waals surface area contributed by atoms with Crippen LogP contribution in [0.4, 0.5) is 5.69 Å². The van der Waals surface area contributed by atoms with Crippen LogP contribution in [-0.2, 0) is 14.9 Å². The third-order valence-corrected chi connectivity index (χ3v) is 4.82. The summed E-state index contributed by atoms with van der Waals surface area (Å²) in [5.41, 5.74) is 5.44. The maximum absolute atomic E-state index is 13.5. The molecule has 0 saturated carbocycles. The Hall–Kier alpha value is -3.80.